The predicted molar refractivity (Wildman–Crippen MR) is 97.0 cm³/mol. The normalized spacial score (nSPS) is 20.4. The van der Waals surface area contributed by atoms with Crippen molar-refractivity contribution in [3.63, 3.8) is 0 Å². The summed E-state index contributed by atoms with van der Waals surface area (Å²) in [5, 5.41) is 4.62. The Labute approximate surface area is 147 Å². The van der Waals surface area contributed by atoms with Gasteiger partial charge in [-0.3, -0.25) is 4.79 Å². The fraction of sp³-hybridized carbons (Fsp3) is 0.579. The van der Waals surface area contributed by atoms with E-state index in [1.807, 2.05) is 18.3 Å². The van der Waals surface area contributed by atoms with Gasteiger partial charge in [-0.1, -0.05) is 13.8 Å². The third kappa shape index (κ3) is 3.43. The molecule has 0 radical (unpaired) electrons. The van der Waals surface area contributed by atoms with Gasteiger partial charge < -0.3 is 4.90 Å². The van der Waals surface area contributed by atoms with E-state index in [-0.39, 0.29) is 11.6 Å². The van der Waals surface area contributed by atoms with E-state index >= 15 is 0 Å². The minimum absolute atomic E-state index is 0.0122. The largest absolute Gasteiger partial charge is 0.352 e. The molecule has 3 heterocycles. The van der Waals surface area contributed by atoms with Gasteiger partial charge in [0.2, 0.25) is 0 Å². The molecule has 1 aliphatic heterocycles. The van der Waals surface area contributed by atoms with Crippen molar-refractivity contribution in [1.29, 1.82) is 0 Å². The SMILES string of the molecule is CC(C)c1nccc(N2CCCC2Cn2nc(C3CC3)ccc2=O)n1. The topological polar surface area (TPSA) is 63.9 Å². The second kappa shape index (κ2) is 6.58. The van der Waals surface area contributed by atoms with Crippen molar-refractivity contribution in [3.05, 3.63) is 46.3 Å². The van der Waals surface area contributed by atoms with Gasteiger partial charge in [0.15, 0.2) is 0 Å². The van der Waals surface area contributed by atoms with Crippen LogP contribution in [-0.2, 0) is 6.54 Å². The van der Waals surface area contributed by atoms with Gasteiger partial charge in [-0.15, -0.1) is 0 Å². The molecule has 0 aromatic carbocycles. The lowest BCUT2D eigenvalue weighted by Crippen LogP contribution is -2.37. The Morgan fingerprint density at radius 2 is 2.04 bits per heavy atom. The van der Waals surface area contributed by atoms with E-state index in [4.69, 9.17) is 4.98 Å². The van der Waals surface area contributed by atoms with Gasteiger partial charge in [0.05, 0.1) is 18.3 Å². The fourth-order valence-electron chi connectivity index (χ4n) is 3.52. The van der Waals surface area contributed by atoms with Gasteiger partial charge in [-0.2, -0.15) is 5.10 Å². The van der Waals surface area contributed by atoms with Crippen LogP contribution in [0.4, 0.5) is 5.82 Å². The zero-order valence-corrected chi connectivity index (χ0v) is 14.9. The first kappa shape index (κ1) is 16.2. The van der Waals surface area contributed by atoms with Crippen LogP contribution in [0.1, 0.15) is 62.9 Å². The Hall–Kier alpha value is -2.24. The fourth-order valence-corrected chi connectivity index (χ4v) is 3.52. The molecule has 1 aliphatic carbocycles. The van der Waals surface area contributed by atoms with Gasteiger partial charge in [0.25, 0.3) is 5.56 Å². The summed E-state index contributed by atoms with van der Waals surface area (Å²) >= 11 is 0. The number of anilines is 1. The number of rotatable bonds is 5. The molecule has 0 spiro atoms. The van der Waals surface area contributed by atoms with E-state index in [9.17, 15) is 4.79 Å². The molecule has 0 bridgehead atoms. The van der Waals surface area contributed by atoms with Crippen molar-refractivity contribution >= 4 is 5.82 Å². The molecule has 1 saturated carbocycles. The highest BCUT2D eigenvalue weighted by atomic mass is 16.1. The lowest BCUT2D eigenvalue weighted by molar-refractivity contribution is 0.480. The minimum atomic E-state index is -0.0122. The Kier molecular flexibility index (Phi) is 4.27. The molecular formula is C19H25N5O. The third-order valence-electron chi connectivity index (χ3n) is 5.11. The first-order valence-electron chi connectivity index (χ1n) is 9.29. The molecule has 25 heavy (non-hydrogen) atoms. The Balaban J connectivity index is 1.57. The predicted octanol–water partition coefficient (Wildman–Crippen LogP) is 2.70. The summed E-state index contributed by atoms with van der Waals surface area (Å²) in [6.45, 7) is 5.80. The Morgan fingerprint density at radius 3 is 2.80 bits per heavy atom. The van der Waals surface area contributed by atoms with Gasteiger partial charge in [0, 0.05) is 30.6 Å². The van der Waals surface area contributed by atoms with Crippen molar-refractivity contribution in [2.24, 2.45) is 0 Å². The Morgan fingerprint density at radius 1 is 1.20 bits per heavy atom. The molecule has 2 fully saturated rings. The number of nitrogens with zero attached hydrogens (tertiary/aromatic N) is 5. The number of aromatic nitrogens is 4. The van der Waals surface area contributed by atoms with Gasteiger partial charge in [-0.25, -0.2) is 14.6 Å². The molecule has 0 N–H and O–H groups in total. The van der Waals surface area contributed by atoms with E-state index in [0.29, 0.717) is 18.4 Å². The lowest BCUT2D eigenvalue weighted by Gasteiger charge is -2.26. The maximum Gasteiger partial charge on any atom is 0.266 e. The standard InChI is InChI=1S/C19H25N5O/c1-13(2)19-20-10-9-17(21-19)23-11-3-4-15(23)12-24-18(25)8-7-16(22-24)14-5-6-14/h7-10,13-15H,3-6,11-12H2,1-2H3. The highest BCUT2D eigenvalue weighted by Crippen LogP contribution is 2.38. The van der Waals surface area contributed by atoms with E-state index < -0.39 is 0 Å². The van der Waals surface area contributed by atoms with E-state index in [0.717, 1.165) is 36.7 Å². The van der Waals surface area contributed by atoms with Crippen LogP contribution >= 0.6 is 0 Å². The van der Waals surface area contributed by atoms with E-state index in [1.54, 1.807) is 10.7 Å². The van der Waals surface area contributed by atoms with Crippen molar-refractivity contribution in [3.8, 4) is 0 Å². The summed E-state index contributed by atoms with van der Waals surface area (Å²) in [6.07, 6.45) is 6.40. The average Bonchev–Trinajstić information content (AvgIpc) is 3.36. The number of hydrogen-bond acceptors (Lipinski definition) is 5. The second-order valence-electron chi connectivity index (χ2n) is 7.47. The summed E-state index contributed by atoms with van der Waals surface area (Å²) in [6, 6.07) is 5.79. The zero-order valence-electron chi connectivity index (χ0n) is 14.9. The number of hydrogen-bond donors (Lipinski definition) is 0. The molecule has 1 atom stereocenters. The maximum atomic E-state index is 12.2. The lowest BCUT2D eigenvalue weighted by atomic mass is 10.2. The molecule has 2 aliphatic rings. The van der Waals surface area contributed by atoms with Crippen LogP contribution in [0.3, 0.4) is 0 Å². The van der Waals surface area contributed by atoms with Crippen LogP contribution in [0.5, 0.6) is 0 Å². The van der Waals surface area contributed by atoms with Gasteiger partial charge >= 0.3 is 0 Å². The van der Waals surface area contributed by atoms with Crippen LogP contribution in [0.25, 0.3) is 0 Å². The van der Waals surface area contributed by atoms with Crippen LogP contribution in [0.2, 0.25) is 0 Å². The molecule has 2 aromatic rings. The second-order valence-corrected chi connectivity index (χ2v) is 7.47. The summed E-state index contributed by atoms with van der Waals surface area (Å²) in [5.41, 5.74) is 1.05. The van der Waals surface area contributed by atoms with Gasteiger partial charge in [0.1, 0.15) is 11.6 Å². The first-order chi connectivity index (χ1) is 12.1. The van der Waals surface area contributed by atoms with Crippen molar-refractivity contribution in [2.75, 3.05) is 11.4 Å². The summed E-state index contributed by atoms with van der Waals surface area (Å²) in [4.78, 5) is 23.7. The minimum Gasteiger partial charge on any atom is -0.352 e. The summed E-state index contributed by atoms with van der Waals surface area (Å²) in [7, 11) is 0. The molecule has 2 aromatic heterocycles. The molecule has 4 rings (SSSR count). The molecule has 0 amide bonds. The zero-order chi connectivity index (χ0) is 17.4. The molecule has 1 unspecified atom stereocenters. The van der Waals surface area contributed by atoms with Crippen LogP contribution in [-0.4, -0.2) is 32.3 Å². The summed E-state index contributed by atoms with van der Waals surface area (Å²) in [5.74, 6) is 2.70. The van der Waals surface area contributed by atoms with Crippen molar-refractivity contribution in [2.45, 2.75) is 64.0 Å². The summed E-state index contributed by atoms with van der Waals surface area (Å²) < 4.78 is 1.65. The van der Waals surface area contributed by atoms with E-state index in [1.165, 1.54) is 12.8 Å². The quantitative estimate of drug-likeness (QED) is 0.838. The smallest absolute Gasteiger partial charge is 0.266 e. The Bertz CT molecular complexity index is 811. The molecule has 6 heteroatoms. The maximum absolute atomic E-state index is 12.2. The monoisotopic (exact) mass is 339 g/mol. The molecular weight excluding hydrogens is 314 g/mol. The van der Waals surface area contributed by atoms with Crippen LogP contribution in [0, 0.1) is 0 Å². The van der Waals surface area contributed by atoms with Crippen molar-refractivity contribution < 1.29 is 0 Å². The van der Waals surface area contributed by atoms with Gasteiger partial charge in [-0.05, 0) is 37.8 Å². The van der Waals surface area contributed by atoms with E-state index in [2.05, 4.69) is 28.8 Å². The molecule has 1 saturated heterocycles. The highest BCUT2D eigenvalue weighted by molar-refractivity contribution is 5.40. The first-order valence-corrected chi connectivity index (χ1v) is 9.29. The molecule has 6 nitrogen and oxygen atoms in total. The van der Waals surface area contributed by atoms with Crippen LogP contribution in [0.15, 0.2) is 29.2 Å². The average molecular weight is 339 g/mol. The van der Waals surface area contributed by atoms with Crippen molar-refractivity contribution in [1.82, 2.24) is 19.7 Å². The molecule has 132 valence electrons. The third-order valence-corrected chi connectivity index (χ3v) is 5.11. The van der Waals surface area contributed by atoms with Crippen LogP contribution < -0.4 is 10.5 Å². The highest BCUT2D eigenvalue weighted by Gasteiger charge is 2.29.